The summed E-state index contributed by atoms with van der Waals surface area (Å²) >= 11 is 1.21. The molecule has 2 aromatic rings. The largest absolute Gasteiger partial charge is 0.494 e. The highest BCUT2D eigenvalue weighted by atomic mass is 32.2. The number of carbonyl (C=O) groups is 1. The van der Waals surface area contributed by atoms with Gasteiger partial charge < -0.3 is 10.1 Å². The van der Waals surface area contributed by atoms with Gasteiger partial charge in [-0.05, 0) is 43.7 Å². The first-order chi connectivity index (χ1) is 11.0. The second kappa shape index (κ2) is 7.64. The van der Waals surface area contributed by atoms with Crippen LogP contribution < -0.4 is 10.1 Å². The van der Waals surface area contributed by atoms with Crippen LogP contribution in [0.2, 0.25) is 0 Å². The Morgan fingerprint density at radius 2 is 2.04 bits per heavy atom. The van der Waals surface area contributed by atoms with Gasteiger partial charge in [0, 0.05) is 11.0 Å². The van der Waals surface area contributed by atoms with Gasteiger partial charge in [0.1, 0.15) is 5.75 Å². The van der Waals surface area contributed by atoms with Gasteiger partial charge in [-0.25, -0.2) is 0 Å². The van der Waals surface area contributed by atoms with Crippen LogP contribution in [0.1, 0.15) is 12.5 Å². The SMILES string of the molecule is CCOc1ccc(NC=O)c(Sc2ccc(C)cc2[N+](=O)[O-])c1. The molecule has 7 heteroatoms. The fourth-order valence-corrected chi connectivity index (χ4v) is 3.02. The number of amides is 1. The highest BCUT2D eigenvalue weighted by Gasteiger charge is 2.17. The van der Waals surface area contributed by atoms with Crippen LogP contribution in [-0.4, -0.2) is 17.9 Å². The van der Waals surface area contributed by atoms with E-state index >= 15 is 0 Å². The molecule has 0 aliphatic heterocycles. The number of nitrogens with zero attached hydrogens (tertiary/aromatic N) is 1. The van der Waals surface area contributed by atoms with Crippen molar-refractivity contribution in [1.29, 1.82) is 0 Å². The Labute approximate surface area is 138 Å². The molecule has 0 heterocycles. The van der Waals surface area contributed by atoms with E-state index in [0.717, 1.165) is 5.56 Å². The molecule has 0 fully saturated rings. The molecule has 0 atom stereocenters. The lowest BCUT2D eigenvalue weighted by atomic mass is 10.2. The van der Waals surface area contributed by atoms with Crippen LogP contribution in [0.15, 0.2) is 46.2 Å². The number of nitro groups is 1. The van der Waals surface area contributed by atoms with Crippen LogP contribution in [0.5, 0.6) is 5.75 Å². The van der Waals surface area contributed by atoms with Gasteiger partial charge in [-0.2, -0.15) is 0 Å². The zero-order chi connectivity index (χ0) is 16.8. The van der Waals surface area contributed by atoms with Crippen molar-refractivity contribution in [3.8, 4) is 5.75 Å². The van der Waals surface area contributed by atoms with Gasteiger partial charge in [0.05, 0.1) is 22.1 Å². The number of carbonyl (C=O) groups excluding carboxylic acids is 1. The summed E-state index contributed by atoms with van der Waals surface area (Å²) in [7, 11) is 0. The van der Waals surface area contributed by atoms with E-state index < -0.39 is 4.92 Å². The van der Waals surface area contributed by atoms with Gasteiger partial charge in [0.15, 0.2) is 0 Å². The number of rotatable bonds is 7. The van der Waals surface area contributed by atoms with Crippen molar-refractivity contribution < 1.29 is 14.5 Å². The molecule has 2 rings (SSSR count). The van der Waals surface area contributed by atoms with Crippen molar-refractivity contribution in [1.82, 2.24) is 0 Å². The molecular formula is C16H16N2O4S. The number of nitrogens with one attached hydrogen (secondary N) is 1. The number of ether oxygens (including phenoxy) is 1. The summed E-state index contributed by atoms with van der Waals surface area (Å²) in [6.07, 6.45) is 0.573. The molecule has 23 heavy (non-hydrogen) atoms. The lowest BCUT2D eigenvalue weighted by Gasteiger charge is -2.11. The Morgan fingerprint density at radius 1 is 1.26 bits per heavy atom. The van der Waals surface area contributed by atoms with Crippen LogP contribution in [-0.2, 0) is 4.79 Å². The van der Waals surface area contributed by atoms with E-state index in [1.54, 1.807) is 31.2 Å². The summed E-state index contributed by atoms with van der Waals surface area (Å²) < 4.78 is 5.45. The first-order valence-electron chi connectivity index (χ1n) is 6.95. The molecule has 0 saturated heterocycles. The molecule has 0 saturated carbocycles. The van der Waals surface area contributed by atoms with E-state index in [1.807, 2.05) is 13.0 Å². The fraction of sp³-hybridized carbons (Fsp3) is 0.188. The lowest BCUT2D eigenvalue weighted by Crippen LogP contribution is -1.98. The van der Waals surface area contributed by atoms with Crippen molar-refractivity contribution in [2.45, 2.75) is 23.6 Å². The smallest absolute Gasteiger partial charge is 0.283 e. The second-order valence-electron chi connectivity index (χ2n) is 4.68. The molecule has 0 spiro atoms. The van der Waals surface area contributed by atoms with Crippen molar-refractivity contribution in [2.75, 3.05) is 11.9 Å². The highest BCUT2D eigenvalue weighted by molar-refractivity contribution is 7.99. The van der Waals surface area contributed by atoms with Crippen LogP contribution in [0.25, 0.3) is 0 Å². The zero-order valence-electron chi connectivity index (χ0n) is 12.7. The molecule has 120 valence electrons. The maximum absolute atomic E-state index is 11.2. The van der Waals surface area contributed by atoms with Gasteiger partial charge >= 0.3 is 0 Å². The Balaban J connectivity index is 2.43. The molecule has 6 nitrogen and oxygen atoms in total. The van der Waals surface area contributed by atoms with Gasteiger partial charge in [0.2, 0.25) is 6.41 Å². The molecule has 0 aromatic heterocycles. The average molecular weight is 332 g/mol. The van der Waals surface area contributed by atoms with Crippen molar-refractivity contribution in [3.05, 3.63) is 52.1 Å². The number of aryl methyl sites for hydroxylation is 1. The molecule has 0 unspecified atom stereocenters. The van der Waals surface area contributed by atoms with Crippen LogP contribution in [0, 0.1) is 17.0 Å². The van der Waals surface area contributed by atoms with E-state index in [9.17, 15) is 14.9 Å². The van der Waals surface area contributed by atoms with Crippen molar-refractivity contribution in [2.24, 2.45) is 0 Å². The third kappa shape index (κ3) is 4.23. The average Bonchev–Trinajstić information content (AvgIpc) is 2.52. The molecule has 0 aliphatic carbocycles. The minimum absolute atomic E-state index is 0.0360. The number of hydrogen-bond donors (Lipinski definition) is 1. The Bertz CT molecular complexity index is 734. The summed E-state index contributed by atoms with van der Waals surface area (Å²) in [5, 5.41) is 13.8. The summed E-state index contributed by atoms with van der Waals surface area (Å²) in [6, 6.07) is 10.3. The van der Waals surface area contributed by atoms with Crippen molar-refractivity contribution in [3.63, 3.8) is 0 Å². The third-order valence-corrected chi connectivity index (χ3v) is 4.13. The number of hydrogen-bond acceptors (Lipinski definition) is 5. The molecular weight excluding hydrogens is 316 g/mol. The molecule has 0 radical (unpaired) electrons. The van der Waals surface area contributed by atoms with Crippen molar-refractivity contribution >= 4 is 29.5 Å². The summed E-state index contributed by atoms with van der Waals surface area (Å²) in [6.45, 7) is 4.18. The number of benzene rings is 2. The van der Waals surface area contributed by atoms with Crippen LogP contribution in [0.3, 0.4) is 0 Å². The lowest BCUT2D eigenvalue weighted by molar-refractivity contribution is -0.387. The Kier molecular flexibility index (Phi) is 5.59. The van der Waals surface area contributed by atoms with E-state index in [-0.39, 0.29) is 5.69 Å². The van der Waals surface area contributed by atoms with Gasteiger partial charge in [-0.1, -0.05) is 17.8 Å². The normalized spacial score (nSPS) is 10.2. The molecule has 1 amide bonds. The van der Waals surface area contributed by atoms with Gasteiger partial charge in [-0.15, -0.1) is 0 Å². The van der Waals surface area contributed by atoms with E-state index in [2.05, 4.69) is 5.32 Å². The Morgan fingerprint density at radius 3 is 2.70 bits per heavy atom. The first kappa shape index (κ1) is 16.8. The number of nitro benzene ring substituents is 1. The minimum atomic E-state index is -0.408. The standard InChI is InChI=1S/C16H16N2O4S/c1-3-22-12-5-6-13(17-10-19)16(9-12)23-15-7-4-11(2)8-14(15)18(20)21/h4-10H,3H2,1-2H3,(H,17,19). The molecule has 0 bridgehead atoms. The van der Waals surface area contributed by atoms with Gasteiger partial charge in [0.25, 0.3) is 5.69 Å². The Hall–Kier alpha value is -2.54. The summed E-state index contributed by atoms with van der Waals surface area (Å²) in [5.41, 5.74) is 1.42. The summed E-state index contributed by atoms with van der Waals surface area (Å²) in [4.78, 5) is 22.8. The molecule has 1 N–H and O–H groups in total. The van der Waals surface area contributed by atoms with Crippen LogP contribution in [0.4, 0.5) is 11.4 Å². The molecule has 2 aromatic carbocycles. The maximum Gasteiger partial charge on any atom is 0.283 e. The quantitative estimate of drug-likeness (QED) is 0.470. The van der Waals surface area contributed by atoms with Gasteiger partial charge in [-0.3, -0.25) is 14.9 Å². The highest BCUT2D eigenvalue weighted by Crippen LogP contribution is 2.40. The van der Waals surface area contributed by atoms with E-state index in [4.69, 9.17) is 4.74 Å². The zero-order valence-corrected chi connectivity index (χ0v) is 13.6. The monoisotopic (exact) mass is 332 g/mol. The van der Waals surface area contributed by atoms with E-state index in [0.29, 0.717) is 34.2 Å². The second-order valence-corrected chi connectivity index (χ2v) is 5.77. The predicted molar refractivity (Wildman–Crippen MR) is 89.3 cm³/mol. The molecule has 0 aliphatic rings. The summed E-state index contributed by atoms with van der Waals surface area (Å²) in [5.74, 6) is 0.640. The minimum Gasteiger partial charge on any atom is -0.494 e. The van der Waals surface area contributed by atoms with Crippen LogP contribution >= 0.6 is 11.8 Å². The number of anilines is 1. The predicted octanol–water partition coefficient (Wildman–Crippen LogP) is 4.02. The van der Waals surface area contributed by atoms with E-state index in [1.165, 1.54) is 17.8 Å². The fourth-order valence-electron chi connectivity index (χ4n) is 2.00. The topological polar surface area (TPSA) is 81.5 Å². The first-order valence-corrected chi connectivity index (χ1v) is 7.76. The third-order valence-electron chi connectivity index (χ3n) is 3.01. The maximum atomic E-state index is 11.2.